The maximum atomic E-state index is 12.3. The smallest absolute Gasteiger partial charge is 0.412 e. The lowest BCUT2D eigenvalue weighted by molar-refractivity contribution is -0.0527. The average Bonchev–Trinajstić information content (AvgIpc) is 2.54. The summed E-state index contributed by atoms with van der Waals surface area (Å²) in [5, 5.41) is 14.5. The van der Waals surface area contributed by atoms with Gasteiger partial charge >= 0.3 is 18.7 Å². The van der Waals surface area contributed by atoms with E-state index in [0.29, 0.717) is 11.4 Å². The van der Waals surface area contributed by atoms with E-state index in [0.717, 1.165) is 12.1 Å². The zero-order valence-electron chi connectivity index (χ0n) is 15.3. The van der Waals surface area contributed by atoms with Crippen LogP contribution in [0, 0.1) is 0 Å². The number of amides is 1. The highest BCUT2D eigenvalue weighted by Crippen LogP contribution is 2.24. The highest BCUT2D eigenvalue weighted by Gasteiger charge is 2.17. The second kappa shape index (κ2) is 8.51. The quantitative estimate of drug-likeness (QED) is 0.662. The Hall–Kier alpha value is -3.43. The van der Waals surface area contributed by atoms with Crippen LogP contribution in [0.4, 0.5) is 30.8 Å². The van der Waals surface area contributed by atoms with Crippen LogP contribution < -0.4 is 15.4 Å². The van der Waals surface area contributed by atoms with Crippen molar-refractivity contribution in [3.05, 3.63) is 42.0 Å². The van der Waals surface area contributed by atoms with Gasteiger partial charge in [-0.3, -0.25) is 5.32 Å². The minimum atomic E-state index is -3.09. The molecule has 1 aromatic carbocycles. The van der Waals surface area contributed by atoms with Crippen LogP contribution in [0.1, 0.15) is 31.1 Å². The fourth-order valence-electron chi connectivity index (χ4n) is 2.06. The normalized spacial score (nSPS) is 11.1. The number of carbonyl (C=O) groups is 2. The van der Waals surface area contributed by atoms with E-state index in [1.807, 2.05) is 0 Å². The van der Waals surface area contributed by atoms with E-state index in [-0.39, 0.29) is 11.4 Å². The number of pyridine rings is 1. The molecule has 0 atom stereocenters. The fraction of sp³-hybridized carbons (Fsp3) is 0.278. The molecule has 0 radical (unpaired) electrons. The number of anilines is 3. The summed E-state index contributed by atoms with van der Waals surface area (Å²) < 4.78 is 34.0. The van der Waals surface area contributed by atoms with Crippen LogP contribution in [0.15, 0.2) is 36.4 Å². The van der Waals surface area contributed by atoms with Crippen LogP contribution in [-0.4, -0.2) is 34.4 Å². The molecule has 150 valence electrons. The molecular formula is C18H19F2N3O5. The number of benzene rings is 1. The largest absolute Gasteiger partial charge is 0.478 e. The monoisotopic (exact) mass is 395 g/mol. The summed E-state index contributed by atoms with van der Waals surface area (Å²) in [6, 6.07) is 8.32. The molecule has 0 unspecified atom stereocenters. The van der Waals surface area contributed by atoms with Gasteiger partial charge in [0.05, 0.1) is 0 Å². The van der Waals surface area contributed by atoms with Gasteiger partial charge in [-0.05, 0) is 51.1 Å². The van der Waals surface area contributed by atoms with E-state index < -0.39 is 30.2 Å². The van der Waals surface area contributed by atoms with Crippen molar-refractivity contribution in [2.75, 3.05) is 10.6 Å². The maximum Gasteiger partial charge on any atom is 0.412 e. The van der Waals surface area contributed by atoms with E-state index in [1.165, 1.54) is 0 Å². The predicted molar refractivity (Wildman–Crippen MR) is 97.4 cm³/mol. The molecule has 1 aromatic heterocycles. The number of aromatic nitrogens is 1. The van der Waals surface area contributed by atoms with Gasteiger partial charge in [0, 0.05) is 17.4 Å². The first-order valence-corrected chi connectivity index (χ1v) is 8.10. The van der Waals surface area contributed by atoms with Crippen molar-refractivity contribution < 1.29 is 33.0 Å². The van der Waals surface area contributed by atoms with E-state index >= 15 is 0 Å². The number of carboxylic acid groups (broad SMARTS) is 1. The third-order valence-corrected chi connectivity index (χ3v) is 3.10. The number of carbonyl (C=O) groups excluding carboxylic acids is 1. The molecule has 0 fully saturated rings. The zero-order valence-corrected chi connectivity index (χ0v) is 15.3. The number of hydrogen-bond acceptors (Lipinski definition) is 6. The molecule has 0 aliphatic carbocycles. The van der Waals surface area contributed by atoms with Gasteiger partial charge < -0.3 is 19.9 Å². The van der Waals surface area contributed by atoms with Crippen molar-refractivity contribution in [2.24, 2.45) is 0 Å². The van der Waals surface area contributed by atoms with E-state index in [1.54, 1.807) is 45.0 Å². The number of hydrogen-bond donors (Lipinski definition) is 3. The van der Waals surface area contributed by atoms with Crippen LogP contribution in [0.5, 0.6) is 5.88 Å². The Morgan fingerprint density at radius 1 is 1.07 bits per heavy atom. The van der Waals surface area contributed by atoms with Gasteiger partial charge in [0.1, 0.15) is 17.0 Å². The lowest BCUT2D eigenvalue weighted by Crippen LogP contribution is -2.27. The van der Waals surface area contributed by atoms with Crippen LogP contribution in [-0.2, 0) is 4.74 Å². The Morgan fingerprint density at radius 3 is 2.21 bits per heavy atom. The molecular weight excluding hydrogens is 376 g/mol. The molecule has 0 aliphatic heterocycles. The number of alkyl halides is 2. The van der Waals surface area contributed by atoms with Crippen LogP contribution in [0.25, 0.3) is 0 Å². The molecule has 28 heavy (non-hydrogen) atoms. The standard InChI is InChI=1S/C18H19F2N3O5/c1-18(2,3)28-17(26)22-11-6-4-10(5-7-11)21-14-12(15(24)25)8-9-13(23-14)27-16(19)20/h4-9,16H,1-3H3,(H,21,23)(H,22,26)(H,24,25). The van der Waals surface area contributed by atoms with Gasteiger partial charge in [-0.15, -0.1) is 0 Å². The highest BCUT2D eigenvalue weighted by atomic mass is 19.3. The first-order valence-electron chi connectivity index (χ1n) is 8.10. The van der Waals surface area contributed by atoms with Gasteiger partial charge in [0.2, 0.25) is 5.88 Å². The van der Waals surface area contributed by atoms with Crippen molar-refractivity contribution in [3.63, 3.8) is 0 Å². The first-order chi connectivity index (χ1) is 13.0. The lowest BCUT2D eigenvalue weighted by atomic mass is 10.2. The Labute approximate surface area is 159 Å². The molecule has 0 saturated carbocycles. The average molecular weight is 395 g/mol. The SMILES string of the molecule is CC(C)(C)OC(=O)Nc1ccc(Nc2nc(OC(F)F)ccc2C(=O)O)cc1. The topological polar surface area (TPSA) is 110 Å². The molecule has 1 amide bonds. The molecule has 10 heteroatoms. The summed E-state index contributed by atoms with van der Waals surface area (Å²) in [5.41, 5.74) is -0.00648. The third kappa shape index (κ3) is 6.38. The Balaban J connectivity index is 2.14. The second-order valence-corrected chi connectivity index (χ2v) is 6.56. The maximum absolute atomic E-state index is 12.3. The Morgan fingerprint density at radius 2 is 1.68 bits per heavy atom. The van der Waals surface area contributed by atoms with Crippen molar-refractivity contribution >= 4 is 29.3 Å². The molecule has 0 saturated heterocycles. The van der Waals surface area contributed by atoms with Gasteiger partial charge in [0.25, 0.3) is 0 Å². The highest BCUT2D eigenvalue weighted by molar-refractivity contribution is 5.94. The predicted octanol–water partition coefficient (Wildman–Crippen LogP) is 4.47. The Kier molecular flexibility index (Phi) is 6.34. The van der Waals surface area contributed by atoms with Crippen LogP contribution in [0.2, 0.25) is 0 Å². The summed E-state index contributed by atoms with van der Waals surface area (Å²) in [4.78, 5) is 26.8. The number of rotatable bonds is 6. The van der Waals surface area contributed by atoms with Gasteiger partial charge in [-0.25, -0.2) is 9.59 Å². The second-order valence-electron chi connectivity index (χ2n) is 6.56. The minimum absolute atomic E-state index is 0.168. The number of nitrogens with zero attached hydrogens (tertiary/aromatic N) is 1. The lowest BCUT2D eigenvalue weighted by Gasteiger charge is -2.19. The number of halogens is 2. The molecule has 0 spiro atoms. The molecule has 1 heterocycles. The first kappa shape index (κ1) is 20.9. The molecule has 0 bridgehead atoms. The van der Waals surface area contributed by atoms with Crippen molar-refractivity contribution in [3.8, 4) is 5.88 Å². The molecule has 0 aliphatic rings. The summed E-state index contributed by atoms with van der Waals surface area (Å²) >= 11 is 0. The van der Waals surface area contributed by atoms with Crippen LogP contribution in [0.3, 0.4) is 0 Å². The van der Waals surface area contributed by atoms with Gasteiger partial charge in [-0.1, -0.05) is 0 Å². The summed E-state index contributed by atoms with van der Waals surface area (Å²) in [5.74, 6) is -1.88. The molecule has 2 rings (SSSR count). The Bertz CT molecular complexity index is 851. The van der Waals surface area contributed by atoms with Crippen LogP contribution >= 0.6 is 0 Å². The van der Waals surface area contributed by atoms with Gasteiger partial charge in [0.15, 0.2) is 0 Å². The number of aromatic carboxylic acids is 1. The summed E-state index contributed by atoms with van der Waals surface area (Å²) in [7, 11) is 0. The van der Waals surface area contributed by atoms with Gasteiger partial charge in [-0.2, -0.15) is 13.8 Å². The summed E-state index contributed by atoms with van der Waals surface area (Å²) in [6.07, 6.45) is -0.625. The minimum Gasteiger partial charge on any atom is -0.478 e. The number of nitrogens with one attached hydrogen (secondary N) is 2. The van der Waals surface area contributed by atoms with E-state index in [9.17, 15) is 23.5 Å². The van der Waals surface area contributed by atoms with E-state index in [2.05, 4.69) is 20.4 Å². The fourth-order valence-corrected chi connectivity index (χ4v) is 2.06. The molecule has 8 nitrogen and oxygen atoms in total. The van der Waals surface area contributed by atoms with Crippen molar-refractivity contribution in [2.45, 2.75) is 33.0 Å². The zero-order chi connectivity index (χ0) is 20.9. The van der Waals surface area contributed by atoms with Crippen molar-refractivity contribution in [1.82, 2.24) is 4.98 Å². The number of carboxylic acids is 1. The number of ether oxygens (including phenoxy) is 2. The summed E-state index contributed by atoms with van der Waals surface area (Å²) in [6.45, 7) is 2.12. The van der Waals surface area contributed by atoms with Crippen molar-refractivity contribution in [1.29, 1.82) is 0 Å². The molecule has 3 N–H and O–H groups in total. The molecule has 2 aromatic rings. The third-order valence-electron chi connectivity index (χ3n) is 3.10. The van der Waals surface area contributed by atoms with E-state index in [4.69, 9.17) is 4.74 Å².